The monoisotopic (exact) mass is 374 g/mol. The fraction of sp³-hybridized carbons (Fsp3) is 0.526. The molecule has 3 heterocycles. The van der Waals surface area contributed by atoms with Gasteiger partial charge in [-0.25, -0.2) is 14.4 Å². The van der Waals surface area contributed by atoms with Crippen LogP contribution in [-0.4, -0.2) is 35.4 Å². The molecule has 26 heavy (non-hydrogen) atoms. The van der Waals surface area contributed by atoms with Gasteiger partial charge in [0.05, 0.1) is 11.1 Å². The summed E-state index contributed by atoms with van der Waals surface area (Å²) in [5.74, 6) is 0.907. The lowest BCUT2D eigenvalue weighted by atomic mass is 9.95. The summed E-state index contributed by atoms with van der Waals surface area (Å²) in [6, 6.07) is 0.270. The van der Waals surface area contributed by atoms with Crippen molar-refractivity contribution >= 4 is 23.6 Å². The first-order valence-electron chi connectivity index (χ1n) is 9.17. The summed E-state index contributed by atoms with van der Waals surface area (Å²) in [4.78, 5) is 22.0. The van der Waals surface area contributed by atoms with Gasteiger partial charge in [0, 0.05) is 16.5 Å². The highest BCUT2D eigenvalue weighted by molar-refractivity contribution is 7.16. The predicted molar refractivity (Wildman–Crippen MR) is 101 cm³/mol. The number of nitrogens with one attached hydrogen (secondary N) is 2. The summed E-state index contributed by atoms with van der Waals surface area (Å²) in [5.41, 5.74) is 1.83. The van der Waals surface area contributed by atoms with Gasteiger partial charge < -0.3 is 10.6 Å². The second-order valence-electron chi connectivity index (χ2n) is 7.34. The van der Waals surface area contributed by atoms with E-state index in [2.05, 4.69) is 27.5 Å². The molecule has 7 heteroatoms. The van der Waals surface area contributed by atoms with E-state index in [1.54, 1.807) is 0 Å². The first-order chi connectivity index (χ1) is 12.6. The quantitative estimate of drug-likeness (QED) is 0.780. The van der Waals surface area contributed by atoms with E-state index in [0.29, 0.717) is 29.0 Å². The zero-order valence-electron chi connectivity index (χ0n) is 15.0. The summed E-state index contributed by atoms with van der Waals surface area (Å²) in [7, 11) is 0. The molecule has 1 aliphatic heterocycles. The number of piperidine rings is 1. The van der Waals surface area contributed by atoms with Crippen LogP contribution in [0.15, 0.2) is 6.20 Å². The number of thiophene rings is 1. The van der Waals surface area contributed by atoms with Crippen LogP contribution in [0.25, 0.3) is 10.6 Å². The predicted octanol–water partition coefficient (Wildman–Crippen LogP) is 3.75. The number of nitrogens with zero attached hydrogens (tertiary/aromatic N) is 2. The van der Waals surface area contributed by atoms with Gasteiger partial charge in [0.2, 0.25) is 5.95 Å². The third-order valence-electron chi connectivity index (χ3n) is 5.35. The van der Waals surface area contributed by atoms with Gasteiger partial charge in [-0.3, -0.25) is 4.79 Å². The van der Waals surface area contributed by atoms with E-state index in [1.807, 2.05) is 6.92 Å². The lowest BCUT2D eigenvalue weighted by Crippen LogP contribution is -2.42. The number of carbonyl (C=O) groups excluding carboxylic acids is 1. The maximum atomic E-state index is 14.5. The molecular weight excluding hydrogens is 351 g/mol. The van der Waals surface area contributed by atoms with Crippen LogP contribution in [0.3, 0.4) is 0 Å². The third-order valence-corrected chi connectivity index (χ3v) is 6.82. The Balaban J connectivity index is 1.67. The summed E-state index contributed by atoms with van der Waals surface area (Å²) < 4.78 is 14.5. The topological polar surface area (TPSA) is 66.9 Å². The average Bonchev–Trinajstić information content (AvgIpc) is 3.42. The minimum atomic E-state index is -0.446. The van der Waals surface area contributed by atoms with Gasteiger partial charge in [-0.05, 0) is 56.7 Å². The number of aldehydes is 1. The lowest BCUT2D eigenvalue weighted by Gasteiger charge is -2.30. The van der Waals surface area contributed by atoms with Gasteiger partial charge in [0.15, 0.2) is 12.1 Å². The van der Waals surface area contributed by atoms with Crippen molar-refractivity contribution in [3.8, 4) is 10.6 Å². The highest BCUT2D eigenvalue weighted by Crippen LogP contribution is 2.48. The Labute approximate surface area is 156 Å². The number of carbonyl (C=O) groups is 1. The minimum absolute atomic E-state index is 0.270. The molecule has 2 N–H and O–H groups in total. The van der Waals surface area contributed by atoms with Crippen LogP contribution < -0.4 is 10.6 Å². The van der Waals surface area contributed by atoms with E-state index >= 15 is 0 Å². The number of aromatic nitrogens is 2. The second kappa shape index (κ2) is 7.04. The average molecular weight is 374 g/mol. The molecule has 2 fully saturated rings. The Morgan fingerprint density at radius 3 is 2.88 bits per heavy atom. The van der Waals surface area contributed by atoms with Crippen molar-refractivity contribution in [2.24, 2.45) is 5.92 Å². The Bertz CT molecular complexity index is 833. The van der Waals surface area contributed by atoms with Crippen molar-refractivity contribution in [1.29, 1.82) is 0 Å². The Morgan fingerprint density at radius 1 is 1.38 bits per heavy atom. The Morgan fingerprint density at radius 2 is 2.19 bits per heavy atom. The molecule has 2 aliphatic rings. The van der Waals surface area contributed by atoms with Gasteiger partial charge in [-0.15, -0.1) is 11.3 Å². The van der Waals surface area contributed by atoms with Gasteiger partial charge in [0.25, 0.3) is 0 Å². The molecule has 2 atom stereocenters. The van der Waals surface area contributed by atoms with Crippen molar-refractivity contribution in [2.45, 2.75) is 45.1 Å². The van der Waals surface area contributed by atoms with Crippen LogP contribution in [0.2, 0.25) is 0 Å². The molecule has 0 unspecified atom stereocenters. The molecule has 0 spiro atoms. The summed E-state index contributed by atoms with van der Waals surface area (Å²) >= 11 is 1.50. The van der Waals surface area contributed by atoms with E-state index in [0.717, 1.165) is 54.0 Å². The van der Waals surface area contributed by atoms with E-state index < -0.39 is 5.82 Å². The molecule has 2 aromatic rings. The van der Waals surface area contributed by atoms with Crippen LogP contribution in [0.4, 0.5) is 10.3 Å². The molecular formula is C19H23FN4OS. The van der Waals surface area contributed by atoms with Crippen LogP contribution in [-0.2, 0) is 0 Å². The van der Waals surface area contributed by atoms with E-state index in [9.17, 15) is 9.18 Å². The van der Waals surface area contributed by atoms with Gasteiger partial charge in [-0.1, -0.05) is 6.92 Å². The zero-order valence-corrected chi connectivity index (χ0v) is 15.8. The molecule has 0 aromatic carbocycles. The fourth-order valence-electron chi connectivity index (χ4n) is 3.56. The van der Waals surface area contributed by atoms with Crippen molar-refractivity contribution < 1.29 is 9.18 Å². The van der Waals surface area contributed by atoms with Crippen molar-refractivity contribution in [2.75, 3.05) is 18.4 Å². The maximum Gasteiger partial charge on any atom is 0.223 e. The highest BCUT2D eigenvalue weighted by Gasteiger charge is 2.31. The van der Waals surface area contributed by atoms with Crippen LogP contribution in [0, 0.1) is 18.7 Å². The number of hydrogen-bond donors (Lipinski definition) is 2. The van der Waals surface area contributed by atoms with Crippen molar-refractivity contribution in [3.05, 3.63) is 28.0 Å². The molecule has 0 radical (unpaired) electrons. The Hall–Kier alpha value is -1.86. The Kier molecular flexibility index (Phi) is 4.75. The minimum Gasteiger partial charge on any atom is -0.351 e. The van der Waals surface area contributed by atoms with E-state index in [-0.39, 0.29) is 6.04 Å². The van der Waals surface area contributed by atoms with Crippen LogP contribution >= 0.6 is 11.3 Å². The molecule has 1 saturated carbocycles. The number of anilines is 1. The fourth-order valence-corrected chi connectivity index (χ4v) is 5.00. The van der Waals surface area contributed by atoms with Crippen LogP contribution in [0.1, 0.15) is 52.9 Å². The number of hydrogen-bond acceptors (Lipinski definition) is 6. The van der Waals surface area contributed by atoms with E-state index in [1.165, 1.54) is 17.5 Å². The van der Waals surface area contributed by atoms with Gasteiger partial charge in [0.1, 0.15) is 5.69 Å². The molecule has 2 aromatic heterocycles. The maximum absolute atomic E-state index is 14.5. The SMILES string of the molecule is Cc1c(-c2nc(N[C@H]3CCNC[C@H]3C)ncc2F)sc(C2CC2)c1C=O. The molecule has 4 rings (SSSR count). The smallest absolute Gasteiger partial charge is 0.223 e. The highest BCUT2D eigenvalue weighted by atomic mass is 32.1. The standard InChI is InChI=1S/C19H23FN4OS/c1-10-7-21-6-5-15(10)23-19-22-8-14(20)16(24-19)17-11(2)13(9-25)18(26-17)12-3-4-12/h8-10,12,15,21H,3-7H2,1-2H3,(H,22,23,24)/t10-,15+/m1/s1. The molecule has 0 bridgehead atoms. The first kappa shape index (κ1) is 17.5. The van der Waals surface area contributed by atoms with Gasteiger partial charge in [-0.2, -0.15) is 0 Å². The zero-order chi connectivity index (χ0) is 18.3. The van der Waals surface area contributed by atoms with Gasteiger partial charge >= 0.3 is 0 Å². The number of halogens is 1. The number of rotatable bonds is 5. The van der Waals surface area contributed by atoms with Crippen molar-refractivity contribution in [3.63, 3.8) is 0 Å². The van der Waals surface area contributed by atoms with E-state index in [4.69, 9.17) is 0 Å². The molecule has 1 aliphatic carbocycles. The summed E-state index contributed by atoms with van der Waals surface area (Å²) in [6.45, 7) is 5.96. The third kappa shape index (κ3) is 3.25. The summed E-state index contributed by atoms with van der Waals surface area (Å²) in [5, 5.41) is 6.73. The normalized spacial score (nSPS) is 23.0. The molecule has 138 valence electrons. The lowest BCUT2D eigenvalue weighted by molar-refractivity contribution is 0.112. The first-order valence-corrected chi connectivity index (χ1v) is 9.98. The summed E-state index contributed by atoms with van der Waals surface area (Å²) in [6.07, 6.45) is 5.32. The second-order valence-corrected chi connectivity index (χ2v) is 8.39. The largest absolute Gasteiger partial charge is 0.351 e. The van der Waals surface area contributed by atoms with Crippen molar-refractivity contribution in [1.82, 2.24) is 15.3 Å². The molecule has 0 amide bonds. The molecule has 1 saturated heterocycles. The molecule has 5 nitrogen and oxygen atoms in total. The van der Waals surface area contributed by atoms with Crippen LogP contribution in [0.5, 0.6) is 0 Å².